The molecule has 1 heterocycles. The lowest BCUT2D eigenvalue weighted by molar-refractivity contribution is -0.118. The maximum atomic E-state index is 11.0. The molecule has 0 spiro atoms. The fourth-order valence-electron chi connectivity index (χ4n) is 1.48. The summed E-state index contributed by atoms with van der Waals surface area (Å²) in [5.41, 5.74) is 1.98. The molecule has 0 aliphatic carbocycles. The minimum absolute atomic E-state index is 0.0150. The van der Waals surface area contributed by atoms with Gasteiger partial charge in [-0.05, 0) is 23.8 Å². The van der Waals surface area contributed by atoms with E-state index >= 15 is 0 Å². The largest absolute Gasteiger partial charge is 0.351 e. The lowest BCUT2D eigenvalue weighted by Gasteiger charge is -2.06. The number of carbonyl (C=O) groups excluding carboxylic acids is 1. The van der Waals surface area contributed by atoms with Crippen LogP contribution in [-0.2, 0) is 11.3 Å². The lowest BCUT2D eigenvalue weighted by Crippen LogP contribution is -2.23. The van der Waals surface area contributed by atoms with Crippen LogP contribution in [0.25, 0.3) is 5.69 Å². The maximum Gasteiger partial charge on any atom is 0.235 e. The normalized spacial score (nSPS) is 10.2. The summed E-state index contributed by atoms with van der Waals surface area (Å²) in [4.78, 5) is 11.0. The van der Waals surface area contributed by atoms with Gasteiger partial charge < -0.3 is 5.32 Å². The smallest absolute Gasteiger partial charge is 0.235 e. The molecule has 1 aromatic carbocycles. The van der Waals surface area contributed by atoms with E-state index in [2.05, 4.69) is 10.4 Å². The summed E-state index contributed by atoms with van der Waals surface area (Å²) in [5.74, 6) is -0.185. The Labute approximate surface area is 104 Å². The number of benzene rings is 1. The van der Waals surface area contributed by atoms with E-state index in [-0.39, 0.29) is 11.8 Å². The van der Waals surface area contributed by atoms with Crippen molar-refractivity contribution in [3.05, 3.63) is 48.3 Å². The summed E-state index contributed by atoms with van der Waals surface area (Å²) in [7, 11) is 0. The van der Waals surface area contributed by atoms with Crippen LogP contribution < -0.4 is 5.32 Å². The van der Waals surface area contributed by atoms with Gasteiger partial charge in [0.05, 0.1) is 5.69 Å². The van der Waals surface area contributed by atoms with Crippen molar-refractivity contribution in [3.63, 3.8) is 0 Å². The zero-order valence-corrected chi connectivity index (χ0v) is 9.89. The van der Waals surface area contributed by atoms with Gasteiger partial charge in [0.2, 0.25) is 5.91 Å². The molecule has 1 amide bonds. The number of rotatable bonds is 4. The van der Waals surface area contributed by atoms with E-state index in [1.807, 2.05) is 36.5 Å². The number of nitrogens with zero attached hydrogens (tertiary/aromatic N) is 2. The zero-order chi connectivity index (χ0) is 12.1. The highest BCUT2D eigenvalue weighted by Gasteiger charge is 2.01. The molecule has 0 aliphatic heterocycles. The van der Waals surface area contributed by atoms with Crippen LogP contribution in [0.15, 0.2) is 42.7 Å². The van der Waals surface area contributed by atoms with Crippen LogP contribution in [0, 0.1) is 0 Å². The van der Waals surface area contributed by atoms with E-state index in [9.17, 15) is 4.79 Å². The second-order valence-corrected chi connectivity index (χ2v) is 3.80. The molecule has 0 fully saturated rings. The molecular formula is C12H12ClN3O. The van der Waals surface area contributed by atoms with Gasteiger partial charge in [0, 0.05) is 18.9 Å². The molecule has 0 atom stereocenters. The van der Waals surface area contributed by atoms with Gasteiger partial charge in [0.25, 0.3) is 0 Å². The highest BCUT2D eigenvalue weighted by atomic mass is 35.5. The standard InChI is InChI=1S/C12H12ClN3O/c13-8-12(17)14-9-10-3-1-4-11(7-10)16-6-2-5-15-16/h1-7H,8-9H2,(H,14,17). The van der Waals surface area contributed by atoms with Crippen LogP contribution in [0.4, 0.5) is 0 Å². The summed E-state index contributed by atoms with van der Waals surface area (Å²) < 4.78 is 1.77. The van der Waals surface area contributed by atoms with Crippen LogP contribution >= 0.6 is 11.6 Å². The number of nitrogens with one attached hydrogen (secondary N) is 1. The number of amides is 1. The van der Waals surface area contributed by atoms with Crippen molar-refractivity contribution in [3.8, 4) is 5.69 Å². The van der Waals surface area contributed by atoms with Crippen molar-refractivity contribution in [1.82, 2.24) is 15.1 Å². The molecule has 2 aromatic rings. The highest BCUT2D eigenvalue weighted by molar-refractivity contribution is 6.27. The fourth-order valence-corrected chi connectivity index (χ4v) is 1.57. The maximum absolute atomic E-state index is 11.0. The molecule has 0 aliphatic rings. The van der Waals surface area contributed by atoms with Gasteiger partial charge in [-0.2, -0.15) is 5.10 Å². The van der Waals surface area contributed by atoms with Crippen molar-refractivity contribution < 1.29 is 4.79 Å². The Bertz CT molecular complexity index is 496. The molecule has 0 unspecified atom stereocenters. The van der Waals surface area contributed by atoms with Gasteiger partial charge >= 0.3 is 0 Å². The average Bonchev–Trinajstić information content (AvgIpc) is 2.90. The van der Waals surface area contributed by atoms with Crippen LogP contribution in [0.1, 0.15) is 5.56 Å². The van der Waals surface area contributed by atoms with Crippen LogP contribution in [0.5, 0.6) is 0 Å². The quantitative estimate of drug-likeness (QED) is 0.839. The first kappa shape index (κ1) is 11.7. The molecule has 5 heteroatoms. The van der Waals surface area contributed by atoms with Crippen molar-refractivity contribution >= 4 is 17.5 Å². The molecular weight excluding hydrogens is 238 g/mol. The number of halogens is 1. The Morgan fingerprint density at radius 2 is 2.29 bits per heavy atom. The molecule has 1 aromatic heterocycles. The van der Waals surface area contributed by atoms with E-state index in [0.717, 1.165) is 11.3 Å². The predicted octanol–water partition coefficient (Wildman–Crippen LogP) is 1.73. The van der Waals surface area contributed by atoms with E-state index in [0.29, 0.717) is 6.54 Å². The Balaban J connectivity index is 2.09. The predicted molar refractivity (Wildman–Crippen MR) is 66.1 cm³/mol. The van der Waals surface area contributed by atoms with E-state index in [1.54, 1.807) is 10.9 Å². The second kappa shape index (κ2) is 5.50. The van der Waals surface area contributed by atoms with Gasteiger partial charge in [-0.25, -0.2) is 4.68 Å². The van der Waals surface area contributed by atoms with E-state index in [4.69, 9.17) is 11.6 Å². The number of carbonyl (C=O) groups is 1. The van der Waals surface area contributed by atoms with Gasteiger partial charge in [-0.15, -0.1) is 11.6 Å². The summed E-state index contributed by atoms with van der Waals surface area (Å²) in [6.07, 6.45) is 3.60. The van der Waals surface area contributed by atoms with Crippen molar-refractivity contribution in [2.24, 2.45) is 0 Å². The summed E-state index contributed by atoms with van der Waals surface area (Å²) >= 11 is 5.40. The van der Waals surface area contributed by atoms with E-state index < -0.39 is 0 Å². The van der Waals surface area contributed by atoms with Crippen LogP contribution in [0.3, 0.4) is 0 Å². The van der Waals surface area contributed by atoms with Crippen molar-refractivity contribution in [2.75, 3.05) is 5.88 Å². The SMILES string of the molecule is O=C(CCl)NCc1cccc(-n2cccn2)c1. The van der Waals surface area contributed by atoms with Crippen LogP contribution in [0.2, 0.25) is 0 Å². The average molecular weight is 250 g/mol. The Kier molecular flexibility index (Phi) is 3.77. The number of alkyl halides is 1. The van der Waals surface area contributed by atoms with Gasteiger partial charge in [-0.3, -0.25) is 4.79 Å². The molecule has 0 radical (unpaired) electrons. The molecule has 17 heavy (non-hydrogen) atoms. The Hall–Kier alpha value is -1.81. The lowest BCUT2D eigenvalue weighted by atomic mass is 10.2. The van der Waals surface area contributed by atoms with Gasteiger partial charge in [0.15, 0.2) is 0 Å². The third-order valence-corrected chi connectivity index (χ3v) is 2.53. The Morgan fingerprint density at radius 1 is 1.41 bits per heavy atom. The van der Waals surface area contributed by atoms with Crippen LogP contribution in [-0.4, -0.2) is 21.6 Å². The molecule has 0 saturated carbocycles. The minimum atomic E-state index is -0.170. The minimum Gasteiger partial charge on any atom is -0.351 e. The highest BCUT2D eigenvalue weighted by Crippen LogP contribution is 2.09. The van der Waals surface area contributed by atoms with E-state index in [1.165, 1.54) is 0 Å². The summed E-state index contributed by atoms with van der Waals surface area (Å²) in [6, 6.07) is 9.67. The number of hydrogen-bond acceptors (Lipinski definition) is 2. The summed E-state index contributed by atoms with van der Waals surface area (Å²) in [6.45, 7) is 0.473. The Morgan fingerprint density at radius 3 is 3.00 bits per heavy atom. The summed E-state index contributed by atoms with van der Waals surface area (Å²) in [5, 5.41) is 6.87. The molecule has 1 N–H and O–H groups in total. The molecule has 88 valence electrons. The zero-order valence-electron chi connectivity index (χ0n) is 9.14. The first-order valence-electron chi connectivity index (χ1n) is 5.21. The molecule has 0 saturated heterocycles. The molecule has 2 rings (SSSR count). The third kappa shape index (κ3) is 3.07. The second-order valence-electron chi connectivity index (χ2n) is 3.53. The first-order valence-corrected chi connectivity index (χ1v) is 5.74. The first-order chi connectivity index (χ1) is 8.29. The molecule has 0 bridgehead atoms. The van der Waals surface area contributed by atoms with Crippen molar-refractivity contribution in [2.45, 2.75) is 6.54 Å². The van der Waals surface area contributed by atoms with Crippen molar-refractivity contribution in [1.29, 1.82) is 0 Å². The number of aromatic nitrogens is 2. The fraction of sp³-hybridized carbons (Fsp3) is 0.167. The van der Waals surface area contributed by atoms with Gasteiger partial charge in [0.1, 0.15) is 5.88 Å². The van der Waals surface area contributed by atoms with Gasteiger partial charge in [-0.1, -0.05) is 12.1 Å². The monoisotopic (exact) mass is 249 g/mol. The molecule has 4 nitrogen and oxygen atoms in total. The third-order valence-electron chi connectivity index (χ3n) is 2.29. The number of hydrogen-bond donors (Lipinski definition) is 1. The topological polar surface area (TPSA) is 46.9 Å².